The summed E-state index contributed by atoms with van der Waals surface area (Å²) in [6, 6.07) is 5.42. The van der Waals surface area contributed by atoms with Gasteiger partial charge in [0.25, 0.3) is 0 Å². The Labute approximate surface area is 219 Å². The van der Waals surface area contributed by atoms with Gasteiger partial charge in [0.2, 0.25) is 11.8 Å². The van der Waals surface area contributed by atoms with Gasteiger partial charge in [-0.2, -0.15) is 18.2 Å². The molecule has 1 aromatic carbocycles. The van der Waals surface area contributed by atoms with E-state index in [0.29, 0.717) is 28.8 Å². The number of rotatable bonds is 8. The maximum absolute atomic E-state index is 13.2. The molecule has 2 heterocycles. The number of hydrogen-bond acceptors (Lipinski definition) is 6. The fourth-order valence-corrected chi connectivity index (χ4v) is 5.53. The van der Waals surface area contributed by atoms with Gasteiger partial charge in [-0.1, -0.05) is 37.8 Å². The molecule has 2 aliphatic rings. The molecular weight excluding hydrogens is 497 g/mol. The Morgan fingerprint density at radius 2 is 1.76 bits per heavy atom. The molecule has 204 valence electrons. The van der Waals surface area contributed by atoms with Crippen LogP contribution < -0.4 is 10.2 Å². The monoisotopic (exact) mass is 530 g/mol. The van der Waals surface area contributed by atoms with Gasteiger partial charge >= 0.3 is 12.1 Å². The second-order valence-corrected chi connectivity index (χ2v) is 10.6. The van der Waals surface area contributed by atoms with Gasteiger partial charge in [0.1, 0.15) is 5.52 Å². The number of carboxylic acids is 1. The predicted molar refractivity (Wildman–Crippen MR) is 139 cm³/mol. The lowest BCUT2D eigenvalue weighted by molar-refractivity contribution is -0.137. The summed E-state index contributed by atoms with van der Waals surface area (Å²) in [6.45, 7) is 2.30. The highest BCUT2D eigenvalue weighted by molar-refractivity contribution is 5.91. The molecule has 3 aromatic rings. The van der Waals surface area contributed by atoms with E-state index in [1.165, 1.54) is 25.0 Å². The lowest BCUT2D eigenvalue weighted by Gasteiger charge is -2.33. The summed E-state index contributed by atoms with van der Waals surface area (Å²) in [4.78, 5) is 27.4. The van der Waals surface area contributed by atoms with Crippen molar-refractivity contribution in [1.82, 2.24) is 19.5 Å². The second kappa shape index (κ2) is 10.4. The fraction of sp³-hybridized carbons (Fsp3) is 0.556. The first-order valence-corrected chi connectivity index (χ1v) is 13.3. The van der Waals surface area contributed by atoms with E-state index in [1.54, 1.807) is 0 Å². The van der Waals surface area contributed by atoms with Crippen molar-refractivity contribution in [2.24, 2.45) is 5.92 Å². The average Bonchev–Trinajstić information content (AvgIpc) is 3.21. The summed E-state index contributed by atoms with van der Waals surface area (Å²) in [7, 11) is 1.97. The topological polar surface area (TPSA) is 96.2 Å². The summed E-state index contributed by atoms with van der Waals surface area (Å²) in [6.07, 6.45) is 4.37. The molecule has 0 radical (unpaired) electrons. The van der Waals surface area contributed by atoms with E-state index in [-0.39, 0.29) is 30.1 Å². The molecule has 11 heteroatoms. The molecule has 2 N–H and O–H groups in total. The first-order valence-electron chi connectivity index (χ1n) is 13.3. The SMILES string of the molecule is CC(Nc1nc(C(=O)O)nc2nc(N(C)C3CCCCC3)n(Cc3ccc(C(F)(F)F)cc3)c12)C1CCC1. The van der Waals surface area contributed by atoms with Gasteiger partial charge in [-0.25, -0.2) is 14.8 Å². The second-order valence-electron chi connectivity index (χ2n) is 10.6. The summed E-state index contributed by atoms with van der Waals surface area (Å²) in [5.41, 5.74) is 0.766. The number of nitrogens with one attached hydrogen (secondary N) is 1. The third-order valence-electron chi connectivity index (χ3n) is 8.06. The normalized spacial score (nSPS) is 17.8. The van der Waals surface area contributed by atoms with Crippen LogP contribution in [0.4, 0.5) is 24.9 Å². The fourth-order valence-electron chi connectivity index (χ4n) is 5.53. The smallest absolute Gasteiger partial charge is 0.416 e. The first kappa shape index (κ1) is 26.2. The average molecular weight is 531 g/mol. The Balaban J connectivity index is 1.62. The van der Waals surface area contributed by atoms with Crippen molar-refractivity contribution in [3.8, 4) is 0 Å². The minimum Gasteiger partial charge on any atom is -0.475 e. The third kappa shape index (κ3) is 5.28. The van der Waals surface area contributed by atoms with Crippen LogP contribution in [0, 0.1) is 5.92 Å². The van der Waals surface area contributed by atoms with Gasteiger partial charge < -0.3 is 19.9 Å². The van der Waals surface area contributed by atoms with E-state index in [0.717, 1.165) is 50.7 Å². The Morgan fingerprint density at radius 3 is 2.34 bits per heavy atom. The van der Waals surface area contributed by atoms with Crippen LogP contribution >= 0.6 is 0 Å². The molecule has 8 nitrogen and oxygen atoms in total. The van der Waals surface area contributed by atoms with Crippen molar-refractivity contribution >= 4 is 28.9 Å². The third-order valence-corrected chi connectivity index (χ3v) is 8.06. The van der Waals surface area contributed by atoms with E-state index >= 15 is 0 Å². The van der Waals surface area contributed by atoms with Crippen LogP contribution in [0.5, 0.6) is 0 Å². The highest BCUT2D eigenvalue weighted by Gasteiger charge is 2.31. The van der Waals surface area contributed by atoms with Gasteiger partial charge in [-0.05, 0) is 56.2 Å². The van der Waals surface area contributed by atoms with E-state index in [2.05, 4.69) is 27.1 Å². The molecule has 2 aromatic heterocycles. The molecule has 38 heavy (non-hydrogen) atoms. The van der Waals surface area contributed by atoms with Gasteiger partial charge in [0, 0.05) is 19.1 Å². The maximum atomic E-state index is 13.2. The number of benzene rings is 1. The number of alkyl halides is 3. The Morgan fingerprint density at radius 1 is 1.08 bits per heavy atom. The summed E-state index contributed by atoms with van der Waals surface area (Å²) < 4.78 is 41.4. The van der Waals surface area contributed by atoms with Crippen molar-refractivity contribution < 1.29 is 23.1 Å². The zero-order valence-corrected chi connectivity index (χ0v) is 21.6. The highest BCUT2D eigenvalue weighted by atomic mass is 19.4. The van der Waals surface area contributed by atoms with Gasteiger partial charge in [0.05, 0.1) is 12.1 Å². The molecule has 0 amide bonds. The number of anilines is 2. The van der Waals surface area contributed by atoms with Gasteiger partial charge in [-0.15, -0.1) is 0 Å². The molecule has 0 saturated heterocycles. The Bertz CT molecular complexity index is 1300. The molecule has 0 spiro atoms. The lowest BCUT2D eigenvalue weighted by Crippen LogP contribution is -2.35. The molecule has 2 aliphatic carbocycles. The Hall–Kier alpha value is -3.37. The number of nitrogens with zero attached hydrogens (tertiary/aromatic N) is 5. The van der Waals surface area contributed by atoms with Crippen LogP contribution in [-0.4, -0.2) is 49.7 Å². The number of halogens is 3. The number of aromatic nitrogens is 4. The molecule has 0 bridgehead atoms. The molecular formula is C27H33F3N6O2. The molecule has 5 rings (SSSR count). The summed E-state index contributed by atoms with van der Waals surface area (Å²) in [5, 5.41) is 13.1. The zero-order valence-electron chi connectivity index (χ0n) is 21.6. The zero-order chi connectivity index (χ0) is 27.0. The number of fused-ring (bicyclic) bond motifs is 1. The van der Waals surface area contributed by atoms with Crippen molar-refractivity contribution in [2.75, 3.05) is 17.3 Å². The van der Waals surface area contributed by atoms with Crippen molar-refractivity contribution in [3.63, 3.8) is 0 Å². The number of hydrogen-bond donors (Lipinski definition) is 2. The molecule has 1 unspecified atom stereocenters. The molecule has 2 saturated carbocycles. The minimum absolute atomic E-state index is 0.0671. The minimum atomic E-state index is -4.41. The quantitative estimate of drug-likeness (QED) is 0.371. The van der Waals surface area contributed by atoms with E-state index in [9.17, 15) is 23.1 Å². The van der Waals surface area contributed by atoms with Crippen LogP contribution in [0.15, 0.2) is 24.3 Å². The van der Waals surface area contributed by atoms with Crippen LogP contribution in [0.1, 0.15) is 80.0 Å². The number of carboxylic acid groups (broad SMARTS) is 1. The standard InChI is InChI=1S/C27H33F3N6O2/c1-16(18-7-6-8-18)31-22-21-23(33-24(32-22)25(37)38)34-26(35(2)20-9-4-3-5-10-20)36(21)15-17-11-13-19(14-12-17)27(28,29)30/h11-14,16,18,20H,3-10,15H2,1-2H3,(H,37,38)(H,31,32,33). The van der Waals surface area contributed by atoms with Gasteiger partial charge in [-0.3, -0.25) is 0 Å². The Kier molecular flexibility index (Phi) is 7.19. The van der Waals surface area contributed by atoms with E-state index in [1.807, 2.05) is 11.6 Å². The van der Waals surface area contributed by atoms with Crippen LogP contribution in [-0.2, 0) is 12.7 Å². The van der Waals surface area contributed by atoms with Crippen LogP contribution in [0.3, 0.4) is 0 Å². The van der Waals surface area contributed by atoms with Crippen molar-refractivity contribution in [1.29, 1.82) is 0 Å². The molecule has 2 fully saturated rings. The predicted octanol–water partition coefficient (Wildman–Crippen LogP) is 5.96. The van der Waals surface area contributed by atoms with Crippen LogP contribution in [0.25, 0.3) is 11.2 Å². The highest BCUT2D eigenvalue weighted by Crippen LogP contribution is 2.35. The first-order chi connectivity index (χ1) is 18.1. The van der Waals surface area contributed by atoms with Gasteiger partial charge in [0.15, 0.2) is 11.5 Å². The number of aromatic carboxylic acids is 1. The largest absolute Gasteiger partial charge is 0.475 e. The van der Waals surface area contributed by atoms with Crippen molar-refractivity contribution in [3.05, 3.63) is 41.2 Å². The molecule has 0 aliphatic heterocycles. The van der Waals surface area contributed by atoms with E-state index in [4.69, 9.17) is 4.98 Å². The molecule has 1 atom stereocenters. The maximum Gasteiger partial charge on any atom is 0.416 e. The number of carbonyl (C=O) groups is 1. The summed E-state index contributed by atoms with van der Waals surface area (Å²) >= 11 is 0. The number of imidazole rings is 1. The van der Waals surface area contributed by atoms with Crippen LogP contribution in [0.2, 0.25) is 0 Å². The van der Waals surface area contributed by atoms with Crippen molar-refractivity contribution in [2.45, 2.75) is 83.1 Å². The lowest BCUT2D eigenvalue weighted by atomic mass is 9.80. The van der Waals surface area contributed by atoms with E-state index < -0.39 is 17.7 Å². The summed E-state index contributed by atoms with van der Waals surface area (Å²) in [5.74, 6) is -0.140.